The predicted molar refractivity (Wildman–Crippen MR) is 133 cm³/mol. The van der Waals surface area contributed by atoms with Crippen molar-refractivity contribution in [2.45, 2.75) is 63.2 Å². The smallest absolute Gasteiger partial charge is 0.320 e. The van der Waals surface area contributed by atoms with Gasteiger partial charge in [0, 0.05) is 24.4 Å². The highest BCUT2D eigenvalue weighted by atomic mass is 16.6. The van der Waals surface area contributed by atoms with Crippen molar-refractivity contribution in [2.75, 3.05) is 43.8 Å². The third-order valence-electron chi connectivity index (χ3n) is 6.35. The molecule has 16 nitrogen and oxygen atoms in total. The number of carboxylic acids is 1. The number of hydrogen-bond acceptors (Lipinski definition) is 11. The van der Waals surface area contributed by atoms with Crippen molar-refractivity contribution in [3.63, 3.8) is 0 Å². The van der Waals surface area contributed by atoms with Gasteiger partial charge >= 0.3 is 5.97 Å². The number of rotatable bonds is 15. The third kappa shape index (κ3) is 6.94. The van der Waals surface area contributed by atoms with Crippen LogP contribution in [0.3, 0.4) is 0 Å². The van der Waals surface area contributed by atoms with E-state index in [0.29, 0.717) is 56.1 Å². The highest BCUT2D eigenvalue weighted by Gasteiger charge is 2.47. The maximum Gasteiger partial charge on any atom is 0.320 e. The second kappa shape index (κ2) is 13.3. The SMILES string of the molecule is CCC[NH+](CC[C@H](N)C(=O)O)C[C@H]1O[C@@H](n2c(NCCCCN=[N+]=[N-])nc3c(N)ncnc32)C(O)[C@H]1O. The number of anilines is 2. The fourth-order valence-corrected chi connectivity index (χ4v) is 4.41. The van der Waals surface area contributed by atoms with Gasteiger partial charge in [-0.05, 0) is 24.8 Å². The molecule has 0 aliphatic carbocycles. The fourth-order valence-electron chi connectivity index (χ4n) is 4.41. The van der Waals surface area contributed by atoms with Crippen molar-refractivity contribution < 1.29 is 29.8 Å². The number of nitrogens with zero attached hydrogens (tertiary/aromatic N) is 7. The lowest BCUT2D eigenvalue weighted by Gasteiger charge is -2.24. The Morgan fingerprint density at radius 1 is 1.35 bits per heavy atom. The zero-order valence-electron chi connectivity index (χ0n) is 20.8. The summed E-state index contributed by atoms with van der Waals surface area (Å²) in [4.78, 5) is 27.6. The van der Waals surface area contributed by atoms with Gasteiger partial charge < -0.3 is 41.7 Å². The number of carbonyl (C=O) groups is 1. The van der Waals surface area contributed by atoms with Crippen molar-refractivity contribution in [2.24, 2.45) is 10.8 Å². The quantitative estimate of drug-likeness (QED) is 0.0621. The van der Waals surface area contributed by atoms with Crippen LogP contribution in [0, 0.1) is 0 Å². The number of aliphatic hydroxyl groups is 2. The average molecular weight is 523 g/mol. The van der Waals surface area contributed by atoms with Crippen LogP contribution in [0.25, 0.3) is 21.6 Å². The summed E-state index contributed by atoms with van der Waals surface area (Å²) in [5, 5.41) is 37.6. The zero-order chi connectivity index (χ0) is 26.9. The van der Waals surface area contributed by atoms with Gasteiger partial charge in [0.2, 0.25) is 5.95 Å². The number of nitrogen functional groups attached to an aromatic ring is 1. The van der Waals surface area contributed by atoms with E-state index >= 15 is 0 Å². The molecule has 2 aromatic rings. The summed E-state index contributed by atoms with van der Waals surface area (Å²) < 4.78 is 7.73. The van der Waals surface area contributed by atoms with E-state index in [2.05, 4.69) is 30.3 Å². The number of nitrogens with two attached hydrogens (primary N) is 2. The predicted octanol–water partition coefficient (Wildman–Crippen LogP) is -1.37. The first-order chi connectivity index (χ1) is 17.8. The van der Waals surface area contributed by atoms with Crippen LogP contribution in [0.15, 0.2) is 11.4 Å². The Kier molecular flexibility index (Phi) is 10.2. The maximum atomic E-state index is 11.1. The maximum absolute atomic E-state index is 11.1. The number of fused-ring (bicyclic) bond motifs is 1. The molecule has 16 heteroatoms. The van der Waals surface area contributed by atoms with Crippen LogP contribution in [0.4, 0.5) is 11.8 Å². The molecule has 9 N–H and O–H groups in total. The summed E-state index contributed by atoms with van der Waals surface area (Å²) in [5.41, 5.74) is 20.7. The number of hydrogen-bond donors (Lipinski definition) is 7. The Morgan fingerprint density at radius 2 is 2.14 bits per heavy atom. The second-order valence-corrected chi connectivity index (χ2v) is 9.06. The summed E-state index contributed by atoms with van der Waals surface area (Å²) in [6.45, 7) is 4.42. The van der Waals surface area contributed by atoms with Gasteiger partial charge in [-0.2, -0.15) is 0 Å². The lowest BCUT2D eigenvalue weighted by Crippen LogP contribution is -3.13. The Morgan fingerprint density at radius 3 is 2.84 bits per heavy atom. The summed E-state index contributed by atoms with van der Waals surface area (Å²) in [5.74, 6) is -0.560. The molecule has 0 spiro atoms. The minimum Gasteiger partial charge on any atom is -0.480 e. The Bertz CT molecular complexity index is 1090. The van der Waals surface area contributed by atoms with Gasteiger partial charge in [0.25, 0.3) is 0 Å². The van der Waals surface area contributed by atoms with E-state index in [1.165, 1.54) is 6.33 Å². The van der Waals surface area contributed by atoms with Crippen molar-refractivity contribution in [1.29, 1.82) is 0 Å². The second-order valence-electron chi connectivity index (χ2n) is 9.06. The van der Waals surface area contributed by atoms with E-state index in [-0.39, 0.29) is 12.2 Å². The summed E-state index contributed by atoms with van der Waals surface area (Å²) in [6, 6.07) is -0.970. The highest BCUT2D eigenvalue weighted by molar-refractivity contribution is 5.84. The highest BCUT2D eigenvalue weighted by Crippen LogP contribution is 2.34. The Balaban J connectivity index is 1.79. The molecule has 1 saturated heterocycles. The van der Waals surface area contributed by atoms with Crippen molar-refractivity contribution in [3.05, 3.63) is 16.8 Å². The molecular formula is C21H36N11O5+. The number of ether oxygens (including phenoxy) is 1. The molecular weight excluding hydrogens is 486 g/mol. The Hall–Kier alpha value is -3.27. The van der Waals surface area contributed by atoms with Crippen LogP contribution in [0.1, 0.15) is 38.8 Å². The number of nitrogens with one attached hydrogen (secondary N) is 2. The van der Waals surface area contributed by atoms with Gasteiger partial charge in [0.15, 0.2) is 23.2 Å². The van der Waals surface area contributed by atoms with E-state index in [4.69, 9.17) is 26.8 Å². The van der Waals surface area contributed by atoms with E-state index in [1.807, 2.05) is 6.92 Å². The summed E-state index contributed by atoms with van der Waals surface area (Å²) in [7, 11) is 0. The molecule has 0 amide bonds. The third-order valence-corrected chi connectivity index (χ3v) is 6.35. The first-order valence-electron chi connectivity index (χ1n) is 12.3. The molecule has 0 saturated carbocycles. The van der Waals surface area contributed by atoms with E-state index < -0.39 is 36.6 Å². The van der Waals surface area contributed by atoms with E-state index in [0.717, 1.165) is 17.9 Å². The van der Waals surface area contributed by atoms with Crippen LogP contribution < -0.4 is 21.7 Å². The van der Waals surface area contributed by atoms with Gasteiger partial charge in [-0.15, -0.1) is 0 Å². The van der Waals surface area contributed by atoms with E-state index in [9.17, 15) is 15.0 Å². The van der Waals surface area contributed by atoms with Gasteiger partial charge in [0.1, 0.15) is 37.2 Å². The molecule has 37 heavy (non-hydrogen) atoms. The largest absolute Gasteiger partial charge is 0.480 e. The molecule has 1 aliphatic heterocycles. The molecule has 6 atom stereocenters. The number of azide groups is 1. The van der Waals surface area contributed by atoms with Crippen LogP contribution in [0.5, 0.6) is 0 Å². The standard InChI is InChI=1S/C21H35N11O5/c1-2-8-31(9-5-12(22)20(35)36)10-13-15(33)16(34)19(37-13)32-18-14(17(23)26-11-27-18)29-21(32)25-6-3-4-7-28-30-24/h11-13,15-16,19,33-34H,2-10,22H2,1H3,(H,25,29)(H,35,36)(H2,23,26,27)/p+1/t12-,13+,15-,16?,19+/m0/s1. The lowest BCUT2D eigenvalue weighted by atomic mass is 10.1. The molecule has 1 aliphatic rings. The first kappa shape index (κ1) is 28.3. The van der Waals surface area contributed by atoms with E-state index in [1.54, 1.807) is 4.57 Å². The molecule has 0 aromatic carbocycles. The number of quaternary nitrogens is 1. The normalized spacial score (nSPS) is 23.0. The fraction of sp³-hybridized carbons (Fsp3) is 0.714. The minimum atomic E-state index is -1.28. The molecule has 0 bridgehead atoms. The summed E-state index contributed by atoms with van der Waals surface area (Å²) in [6.07, 6.45) is -0.455. The monoisotopic (exact) mass is 522 g/mol. The molecule has 2 aromatic heterocycles. The van der Waals surface area contributed by atoms with Crippen LogP contribution in [-0.4, -0.2) is 97.9 Å². The van der Waals surface area contributed by atoms with Crippen LogP contribution in [-0.2, 0) is 9.53 Å². The van der Waals surface area contributed by atoms with Crippen LogP contribution >= 0.6 is 0 Å². The zero-order valence-corrected chi connectivity index (χ0v) is 20.8. The number of imidazole rings is 1. The number of aliphatic carboxylic acids is 1. The molecule has 204 valence electrons. The van der Waals surface area contributed by atoms with Crippen molar-refractivity contribution in [1.82, 2.24) is 19.5 Å². The van der Waals surface area contributed by atoms with Gasteiger partial charge in [-0.25, -0.2) is 15.0 Å². The summed E-state index contributed by atoms with van der Waals surface area (Å²) >= 11 is 0. The molecule has 2 unspecified atom stereocenters. The molecule has 3 rings (SSSR count). The number of aromatic nitrogens is 4. The molecule has 3 heterocycles. The van der Waals surface area contributed by atoms with Gasteiger partial charge in [-0.3, -0.25) is 9.36 Å². The van der Waals surface area contributed by atoms with Gasteiger partial charge in [-0.1, -0.05) is 12.0 Å². The average Bonchev–Trinajstić information content (AvgIpc) is 3.37. The number of carboxylic acid groups (broad SMARTS) is 1. The first-order valence-corrected chi connectivity index (χ1v) is 12.3. The number of unbranched alkanes of at least 4 members (excludes halogenated alkanes) is 1. The van der Waals surface area contributed by atoms with Gasteiger partial charge in [0.05, 0.1) is 13.1 Å². The molecule has 1 fully saturated rings. The topological polar surface area (TPSA) is 248 Å². The van der Waals surface area contributed by atoms with Crippen LogP contribution in [0.2, 0.25) is 0 Å². The van der Waals surface area contributed by atoms with Crippen molar-refractivity contribution in [3.8, 4) is 0 Å². The van der Waals surface area contributed by atoms with Crippen molar-refractivity contribution >= 4 is 28.9 Å². The minimum absolute atomic E-state index is 0.160. The molecule has 0 radical (unpaired) electrons. The number of aliphatic hydroxyl groups excluding tert-OH is 2. The lowest BCUT2D eigenvalue weighted by molar-refractivity contribution is -0.903. The Labute approximate surface area is 213 Å².